The molecule has 0 saturated carbocycles. The van der Waals surface area contributed by atoms with E-state index in [1.807, 2.05) is 13.8 Å². The number of carbonyl (C=O) groups is 1. The fraction of sp³-hybridized carbons (Fsp3) is 0.250. The fourth-order valence-electron chi connectivity index (χ4n) is 1.38. The lowest BCUT2D eigenvalue weighted by molar-refractivity contribution is 0.0908. The molecule has 2 rings (SSSR count). The molecule has 0 unspecified atom stereocenters. The maximum atomic E-state index is 13.5. The first-order chi connectivity index (χ1) is 8.58. The number of aromatic nitrogens is 2. The molecule has 1 aromatic heterocycles. The number of nitrogens with zero attached hydrogens (tertiary/aromatic N) is 2. The zero-order valence-electron chi connectivity index (χ0n) is 9.98. The molecule has 0 aliphatic heterocycles. The molecule has 1 aromatic carbocycles. The Morgan fingerprint density at radius 2 is 2.06 bits per heavy atom. The molecule has 1 heterocycles. The van der Waals surface area contributed by atoms with E-state index in [0.29, 0.717) is 0 Å². The Morgan fingerprint density at radius 3 is 2.72 bits per heavy atom. The van der Waals surface area contributed by atoms with Gasteiger partial charge in [-0.1, -0.05) is 12.1 Å². The number of benzene rings is 1. The van der Waals surface area contributed by atoms with Crippen molar-refractivity contribution in [2.45, 2.75) is 19.9 Å². The van der Waals surface area contributed by atoms with Crippen LogP contribution in [0.25, 0.3) is 11.5 Å². The number of hydrogen-bond donors (Lipinski definition) is 1. The van der Waals surface area contributed by atoms with Gasteiger partial charge in [-0.15, -0.1) is 10.2 Å². The maximum Gasteiger partial charge on any atom is 0.309 e. The van der Waals surface area contributed by atoms with Gasteiger partial charge in [0.15, 0.2) is 0 Å². The van der Waals surface area contributed by atoms with E-state index in [4.69, 9.17) is 4.42 Å². The van der Waals surface area contributed by atoms with E-state index in [2.05, 4.69) is 15.5 Å². The first kappa shape index (κ1) is 12.2. The van der Waals surface area contributed by atoms with Crippen LogP contribution in [0.3, 0.4) is 0 Å². The van der Waals surface area contributed by atoms with Crippen molar-refractivity contribution in [1.29, 1.82) is 0 Å². The van der Waals surface area contributed by atoms with Gasteiger partial charge in [-0.25, -0.2) is 4.39 Å². The van der Waals surface area contributed by atoms with Crippen LogP contribution in [0.1, 0.15) is 24.5 Å². The zero-order chi connectivity index (χ0) is 13.1. The van der Waals surface area contributed by atoms with Crippen molar-refractivity contribution in [3.8, 4) is 11.5 Å². The van der Waals surface area contributed by atoms with Gasteiger partial charge < -0.3 is 9.73 Å². The highest BCUT2D eigenvalue weighted by molar-refractivity contribution is 5.89. The summed E-state index contributed by atoms with van der Waals surface area (Å²) in [5, 5.41) is 9.86. The van der Waals surface area contributed by atoms with Crippen LogP contribution in [0.5, 0.6) is 0 Å². The molecule has 0 saturated heterocycles. The summed E-state index contributed by atoms with van der Waals surface area (Å²) >= 11 is 0. The Labute approximate surface area is 103 Å². The molecule has 0 aliphatic rings. The summed E-state index contributed by atoms with van der Waals surface area (Å²) in [6.07, 6.45) is 0. The van der Waals surface area contributed by atoms with Crippen LogP contribution in [0.2, 0.25) is 0 Å². The van der Waals surface area contributed by atoms with E-state index in [9.17, 15) is 9.18 Å². The Morgan fingerprint density at radius 1 is 1.33 bits per heavy atom. The molecule has 1 amide bonds. The van der Waals surface area contributed by atoms with Crippen LogP contribution in [-0.4, -0.2) is 22.1 Å². The van der Waals surface area contributed by atoms with Crippen LogP contribution in [-0.2, 0) is 0 Å². The van der Waals surface area contributed by atoms with Crippen molar-refractivity contribution in [2.24, 2.45) is 0 Å². The molecule has 18 heavy (non-hydrogen) atoms. The van der Waals surface area contributed by atoms with Crippen LogP contribution < -0.4 is 5.32 Å². The first-order valence-electron chi connectivity index (χ1n) is 5.47. The van der Waals surface area contributed by atoms with Gasteiger partial charge in [-0.3, -0.25) is 4.79 Å². The lowest BCUT2D eigenvalue weighted by Crippen LogP contribution is -2.30. The van der Waals surface area contributed by atoms with Crippen molar-refractivity contribution in [2.75, 3.05) is 0 Å². The van der Waals surface area contributed by atoms with Crippen molar-refractivity contribution in [3.05, 3.63) is 36.0 Å². The maximum absolute atomic E-state index is 13.5. The van der Waals surface area contributed by atoms with Gasteiger partial charge >= 0.3 is 11.8 Å². The average molecular weight is 249 g/mol. The molecule has 1 N–H and O–H groups in total. The summed E-state index contributed by atoms with van der Waals surface area (Å²) in [5.41, 5.74) is 0.175. The average Bonchev–Trinajstić information content (AvgIpc) is 2.78. The number of nitrogens with one attached hydrogen (secondary N) is 1. The van der Waals surface area contributed by atoms with Crippen molar-refractivity contribution in [1.82, 2.24) is 15.5 Å². The highest BCUT2D eigenvalue weighted by Gasteiger charge is 2.17. The van der Waals surface area contributed by atoms with Gasteiger partial charge in [0.25, 0.3) is 5.89 Å². The van der Waals surface area contributed by atoms with Gasteiger partial charge in [-0.05, 0) is 26.0 Å². The van der Waals surface area contributed by atoms with Crippen LogP contribution in [0.4, 0.5) is 4.39 Å². The second-order valence-electron chi connectivity index (χ2n) is 4.02. The Balaban J connectivity index is 2.26. The highest BCUT2D eigenvalue weighted by atomic mass is 19.1. The lowest BCUT2D eigenvalue weighted by Gasteiger charge is -2.03. The van der Waals surface area contributed by atoms with E-state index < -0.39 is 11.7 Å². The number of rotatable bonds is 3. The van der Waals surface area contributed by atoms with Crippen molar-refractivity contribution >= 4 is 5.91 Å². The smallest absolute Gasteiger partial charge is 0.309 e. The molecule has 0 spiro atoms. The molecule has 0 aliphatic carbocycles. The molecule has 0 radical (unpaired) electrons. The third-order valence-electron chi connectivity index (χ3n) is 2.14. The highest BCUT2D eigenvalue weighted by Crippen LogP contribution is 2.20. The minimum absolute atomic E-state index is 0.0120. The Hall–Kier alpha value is -2.24. The zero-order valence-corrected chi connectivity index (χ0v) is 9.98. The lowest BCUT2D eigenvalue weighted by atomic mass is 10.2. The van der Waals surface area contributed by atoms with Gasteiger partial charge in [0.1, 0.15) is 5.82 Å². The van der Waals surface area contributed by atoms with Crippen molar-refractivity contribution < 1.29 is 13.6 Å². The largest absolute Gasteiger partial charge is 0.412 e. The normalized spacial score (nSPS) is 10.7. The van der Waals surface area contributed by atoms with E-state index in [0.717, 1.165) is 0 Å². The Kier molecular flexibility index (Phi) is 3.36. The van der Waals surface area contributed by atoms with Crippen LogP contribution in [0.15, 0.2) is 28.7 Å². The monoisotopic (exact) mass is 249 g/mol. The molecule has 5 nitrogen and oxygen atoms in total. The molecular formula is C12H12FN3O2. The second kappa shape index (κ2) is 4.95. The topological polar surface area (TPSA) is 68.0 Å². The first-order valence-corrected chi connectivity index (χ1v) is 5.47. The van der Waals surface area contributed by atoms with Gasteiger partial charge in [0, 0.05) is 6.04 Å². The third kappa shape index (κ3) is 2.53. The SMILES string of the molecule is CC(C)NC(=O)c1nnc(-c2ccccc2F)o1. The van der Waals surface area contributed by atoms with Crippen LogP contribution >= 0.6 is 0 Å². The van der Waals surface area contributed by atoms with E-state index in [1.54, 1.807) is 12.1 Å². The quantitative estimate of drug-likeness (QED) is 0.903. The summed E-state index contributed by atoms with van der Waals surface area (Å²) in [6.45, 7) is 3.62. The minimum Gasteiger partial charge on any atom is -0.412 e. The summed E-state index contributed by atoms with van der Waals surface area (Å²) in [7, 11) is 0. The van der Waals surface area contributed by atoms with E-state index in [-0.39, 0.29) is 23.4 Å². The summed E-state index contributed by atoms with van der Waals surface area (Å²) in [5.74, 6) is -1.14. The summed E-state index contributed by atoms with van der Waals surface area (Å²) in [6, 6.07) is 5.96. The summed E-state index contributed by atoms with van der Waals surface area (Å²) in [4.78, 5) is 11.6. The van der Waals surface area contributed by atoms with Gasteiger partial charge in [0.05, 0.1) is 5.56 Å². The third-order valence-corrected chi connectivity index (χ3v) is 2.14. The number of carbonyl (C=O) groups excluding carboxylic acids is 1. The Bertz CT molecular complexity index is 566. The number of hydrogen-bond acceptors (Lipinski definition) is 4. The molecular weight excluding hydrogens is 237 g/mol. The molecule has 0 atom stereocenters. The number of halogens is 1. The molecule has 0 bridgehead atoms. The van der Waals surface area contributed by atoms with Crippen LogP contribution in [0, 0.1) is 5.82 Å². The minimum atomic E-state index is -0.475. The second-order valence-corrected chi connectivity index (χ2v) is 4.02. The molecule has 0 fully saturated rings. The fourth-order valence-corrected chi connectivity index (χ4v) is 1.38. The molecule has 6 heteroatoms. The standard InChI is InChI=1S/C12H12FN3O2/c1-7(2)14-10(17)12-16-15-11(18-12)8-5-3-4-6-9(8)13/h3-7H,1-2H3,(H,14,17). The van der Waals surface area contributed by atoms with E-state index in [1.165, 1.54) is 12.1 Å². The van der Waals surface area contributed by atoms with Gasteiger partial charge in [0.2, 0.25) is 0 Å². The predicted molar refractivity (Wildman–Crippen MR) is 62.3 cm³/mol. The molecule has 94 valence electrons. The summed E-state index contributed by atoms with van der Waals surface area (Å²) < 4.78 is 18.6. The van der Waals surface area contributed by atoms with Gasteiger partial charge in [-0.2, -0.15) is 0 Å². The van der Waals surface area contributed by atoms with E-state index >= 15 is 0 Å². The predicted octanol–water partition coefficient (Wildman–Crippen LogP) is 2.01. The van der Waals surface area contributed by atoms with Crippen molar-refractivity contribution in [3.63, 3.8) is 0 Å². The number of amides is 1. The molecule has 2 aromatic rings.